The molecule has 0 aliphatic rings. The number of carbonyl (C=O) groups is 2. The van der Waals surface area contributed by atoms with Gasteiger partial charge >= 0.3 is 19.8 Å². The van der Waals surface area contributed by atoms with E-state index in [1.165, 1.54) is 141 Å². The quantitative estimate of drug-likeness (QED) is 0.0211. The smallest absolute Gasteiger partial charge is 0.462 e. The number of hydrogen-bond acceptors (Lipinski definition) is 7. The van der Waals surface area contributed by atoms with Gasteiger partial charge in [-0.1, -0.05) is 313 Å². The van der Waals surface area contributed by atoms with E-state index in [0.29, 0.717) is 17.4 Å². The highest BCUT2D eigenvalue weighted by molar-refractivity contribution is 7.47. The van der Waals surface area contributed by atoms with Gasteiger partial charge in [0.25, 0.3) is 0 Å². The molecule has 0 spiro atoms. The second-order valence-electron chi connectivity index (χ2n) is 25.6. The first-order valence-corrected chi connectivity index (χ1v) is 38.7. The molecular weight excluding hydrogens is 1160 g/mol. The van der Waals surface area contributed by atoms with E-state index in [1.807, 2.05) is 21.1 Å². The molecule has 0 bridgehead atoms. The summed E-state index contributed by atoms with van der Waals surface area (Å²) in [4.78, 5) is 35.9. The van der Waals surface area contributed by atoms with E-state index in [4.69, 9.17) is 18.5 Å². The Hall–Kier alpha value is -4.37. The van der Waals surface area contributed by atoms with Crippen molar-refractivity contribution >= 4 is 19.8 Å². The van der Waals surface area contributed by atoms with Crippen LogP contribution in [0.5, 0.6) is 0 Å². The molecule has 0 aromatic carbocycles. The Bertz CT molecular complexity index is 2110. The topological polar surface area (TPSA) is 108 Å². The number of carbonyl (C=O) groups excluding carboxylic acids is 2. The Balaban J connectivity index is 4.09. The lowest BCUT2D eigenvalue weighted by atomic mass is 10.0. The molecule has 0 aliphatic heterocycles. The number of unbranched alkanes of at least 4 members (excludes halogenated alkanes) is 27. The summed E-state index contributed by atoms with van der Waals surface area (Å²) < 4.78 is 34.7. The van der Waals surface area contributed by atoms with Crippen molar-refractivity contribution in [3.63, 3.8) is 0 Å². The first-order chi connectivity index (χ1) is 45.0. The van der Waals surface area contributed by atoms with Crippen molar-refractivity contribution in [2.75, 3.05) is 47.5 Å². The van der Waals surface area contributed by atoms with Crippen molar-refractivity contribution in [3.05, 3.63) is 158 Å². The molecule has 0 aliphatic carbocycles. The fourth-order valence-corrected chi connectivity index (χ4v) is 10.6. The highest BCUT2D eigenvalue weighted by Gasteiger charge is 2.27. The van der Waals surface area contributed by atoms with Gasteiger partial charge in [0.2, 0.25) is 0 Å². The molecule has 0 radical (unpaired) electrons. The lowest BCUT2D eigenvalue weighted by molar-refractivity contribution is -0.870. The third-order valence-electron chi connectivity index (χ3n) is 15.5. The molecular formula is C82H139NO8P+. The van der Waals surface area contributed by atoms with E-state index >= 15 is 0 Å². The van der Waals surface area contributed by atoms with Crippen LogP contribution < -0.4 is 0 Å². The fraction of sp³-hybridized carbons (Fsp3) is 0.659. The van der Waals surface area contributed by atoms with Gasteiger partial charge < -0.3 is 18.9 Å². The van der Waals surface area contributed by atoms with Gasteiger partial charge in [-0.15, -0.1) is 0 Å². The van der Waals surface area contributed by atoms with Crippen molar-refractivity contribution in [1.29, 1.82) is 0 Å². The minimum absolute atomic E-state index is 0.0238. The maximum absolute atomic E-state index is 12.9. The van der Waals surface area contributed by atoms with Crippen molar-refractivity contribution in [2.24, 2.45) is 0 Å². The molecule has 2 atom stereocenters. The Morgan fingerprint density at radius 1 is 0.348 bits per heavy atom. The monoisotopic (exact) mass is 1300 g/mol. The van der Waals surface area contributed by atoms with Crippen molar-refractivity contribution in [1.82, 2.24) is 0 Å². The number of phosphoric acid groups is 1. The van der Waals surface area contributed by atoms with Gasteiger partial charge in [-0.2, -0.15) is 0 Å². The van der Waals surface area contributed by atoms with Crippen LogP contribution in [0, 0.1) is 0 Å². The lowest BCUT2D eigenvalue weighted by Crippen LogP contribution is -2.37. The minimum atomic E-state index is -4.40. The van der Waals surface area contributed by atoms with Crippen LogP contribution in [0.4, 0.5) is 0 Å². The summed E-state index contributed by atoms with van der Waals surface area (Å²) in [6.45, 7) is 4.31. The zero-order valence-corrected chi connectivity index (χ0v) is 60.6. The lowest BCUT2D eigenvalue weighted by Gasteiger charge is -2.24. The molecule has 0 fully saturated rings. The zero-order valence-electron chi connectivity index (χ0n) is 59.7. The van der Waals surface area contributed by atoms with E-state index in [9.17, 15) is 19.0 Å². The highest BCUT2D eigenvalue weighted by Crippen LogP contribution is 2.43. The van der Waals surface area contributed by atoms with Gasteiger partial charge in [-0.3, -0.25) is 18.6 Å². The summed E-state index contributed by atoms with van der Waals surface area (Å²) in [5, 5.41) is 0. The predicted octanol–water partition coefficient (Wildman–Crippen LogP) is 24.7. The average Bonchev–Trinajstić information content (AvgIpc) is 2.23. The van der Waals surface area contributed by atoms with E-state index in [0.717, 1.165) is 122 Å². The summed E-state index contributed by atoms with van der Waals surface area (Å²) in [5.74, 6) is -0.807. The number of phosphoric ester groups is 1. The Morgan fingerprint density at radius 2 is 0.620 bits per heavy atom. The molecule has 9 nitrogen and oxygen atoms in total. The van der Waals surface area contributed by atoms with Crippen LogP contribution in [-0.4, -0.2) is 74.9 Å². The van der Waals surface area contributed by atoms with Gasteiger partial charge in [0.15, 0.2) is 6.10 Å². The van der Waals surface area contributed by atoms with Crippen LogP contribution in [0.25, 0.3) is 0 Å². The summed E-state index contributed by atoms with van der Waals surface area (Å²) in [5.41, 5.74) is 0. The number of esters is 2. The SMILES string of the molecule is CC/C=C\C/C=C\C/C=C\C/C=C\C/C=C\C/C=C\C/C=C\C/C=C\C/C=C\C/C=C\CCCCCCCCCCCCC(=O)OC(COC(=O)CCCCCCCCCCCCCC/C=C\C/C=C\C/C=C\CCCCCCC)COP(=O)(O)OCC[N+](C)(C)C. The molecule has 0 aromatic rings. The van der Waals surface area contributed by atoms with Crippen LogP contribution in [-0.2, 0) is 32.7 Å². The van der Waals surface area contributed by atoms with Crippen LogP contribution in [0.2, 0.25) is 0 Å². The summed E-state index contributed by atoms with van der Waals surface area (Å²) in [6.07, 6.45) is 106. The number of likely N-dealkylation sites (N-methyl/N-ethyl adjacent to an activating group) is 1. The number of ether oxygens (including phenoxy) is 2. The molecule has 0 saturated carbocycles. The van der Waals surface area contributed by atoms with Crippen molar-refractivity contribution in [2.45, 2.75) is 302 Å². The molecule has 10 heteroatoms. The van der Waals surface area contributed by atoms with Gasteiger partial charge in [0, 0.05) is 12.8 Å². The predicted molar refractivity (Wildman–Crippen MR) is 399 cm³/mol. The maximum atomic E-state index is 12.9. The number of allylic oxidation sites excluding steroid dienone is 26. The standard InChI is InChI=1S/C82H138NO8P/c1-6-8-10-12-14-16-18-20-22-24-26-28-30-32-34-35-36-37-38-39-40-41-42-43-44-45-46-47-49-51-53-55-57-59-61-63-65-67-69-71-73-75-82(85)91-80(79-90-92(86,87)89-77-76-83(3,4)5)78-88-81(84)74-72-70-68-66-64-62-60-58-56-54-52-50-48-33-31-29-27-25-23-21-19-17-15-13-11-9-7-2/h8,10,14,16,19-22,25-28,31-34,36-37,39-40,42-43,45-46,49,51,80H,6-7,9,11-13,15,17-18,23-24,29-30,35,38,41,44,47-48,50,52-79H2,1-5H3/p+1/b10-8-,16-14-,21-19-,22-20-,27-25-,28-26-,33-31-,34-32-,37-36-,40-39-,43-42-,46-45-,51-49-. The Morgan fingerprint density at radius 3 is 0.924 bits per heavy atom. The first-order valence-electron chi connectivity index (χ1n) is 37.2. The highest BCUT2D eigenvalue weighted by atomic mass is 31.2. The average molecular weight is 1300 g/mol. The van der Waals surface area contributed by atoms with E-state index < -0.39 is 26.5 Å². The largest absolute Gasteiger partial charge is 0.472 e. The maximum Gasteiger partial charge on any atom is 0.472 e. The second kappa shape index (κ2) is 70.9. The second-order valence-corrected chi connectivity index (χ2v) is 27.0. The number of hydrogen-bond donors (Lipinski definition) is 1. The van der Waals surface area contributed by atoms with Gasteiger partial charge in [0.05, 0.1) is 27.7 Å². The molecule has 0 heterocycles. The zero-order chi connectivity index (χ0) is 66.9. The van der Waals surface area contributed by atoms with E-state index in [1.54, 1.807) is 0 Å². The number of quaternary nitrogens is 1. The molecule has 1 N–H and O–H groups in total. The number of nitrogens with zero attached hydrogens (tertiary/aromatic N) is 1. The van der Waals surface area contributed by atoms with Gasteiger partial charge in [-0.05, 0) is 128 Å². The van der Waals surface area contributed by atoms with E-state index in [2.05, 4.69) is 172 Å². The molecule has 524 valence electrons. The van der Waals surface area contributed by atoms with Crippen molar-refractivity contribution < 1.29 is 42.1 Å². The fourth-order valence-electron chi connectivity index (χ4n) is 9.88. The van der Waals surface area contributed by atoms with Crippen molar-refractivity contribution in [3.8, 4) is 0 Å². The van der Waals surface area contributed by atoms with Gasteiger partial charge in [0.1, 0.15) is 19.8 Å². The third-order valence-corrected chi connectivity index (χ3v) is 16.5. The molecule has 0 amide bonds. The normalized spacial score (nSPS) is 14.0. The van der Waals surface area contributed by atoms with Gasteiger partial charge in [-0.25, -0.2) is 4.57 Å². The van der Waals surface area contributed by atoms with E-state index in [-0.39, 0.29) is 32.0 Å². The minimum Gasteiger partial charge on any atom is -0.462 e. The molecule has 0 aromatic heterocycles. The van der Waals surface area contributed by atoms with Crippen LogP contribution in [0.1, 0.15) is 296 Å². The van der Waals surface area contributed by atoms with Crippen LogP contribution >= 0.6 is 7.82 Å². The Kier molecular flexibility index (Phi) is 67.6. The molecule has 92 heavy (non-hydrogen) atoms. The summed E-state index contributed by atoms with van der Waals surface area (Å²) in [7, 11) is 1.46. The third kappa shape index (κ3) is 74.7. The Labute approximate surface area is 566 Å². The summed E-state index contributed by atoms with van der Waals surface area (Å²) in [6, 6.07) is 0. The van der Waals surface area contributed by atoms with Crippen LogP contribution in [0.15, 0.2) is 158 Å². The number of rotatable bonds is 67. The molecule has 0 rings (SSSR count). The first kappa shape index (κ1) is 87.6. The molecule has 2 unspecified atom stereocenters. The van der Waals surface area contributed by atoms with Crippen LogP contribution in [0.3, 0.4) is 0 Å². The molecule has 0 saturated heterocycles. The summed E-state index contributed by atoms with van der Waals surface area (Å²) >= 11 is 0.